The van der Waals surface area contributed by atoms with Crippen LogP contribution in [0.4, 0.5) is 0 Å². The molecule has 1 heterocycles. The van der Waals surface area contributed by atoms with Crippen molar-refractivity contribution in [2.24, 2.45) is 10.9 Å². The molecule has 0 unspecified atom stereocenters. The van der Waals surface area contributed by atoms with Crippen LogP contribution in [-0.4, -0.2) is 64.6 Å². The fourth-order valence-corrected chi connectivity index (χ4v) is 2.37. The van der Waals surface area contributed by atoms with E-state index in [-0.39, 0.29) is 23.9 Å². The van der Waals surface area contributed by atoms with Crippen molar-refractivity contribution in [2.45, 2.75) is 6.42 Å². The Labute approximate surface area is 123 Å². The van der Waals surface area contributed by atoms with Crippen molar-refractivity contribution in [1.29, 1.82) is 0 Å². The van der Waals surface area contributed by atoms with Crippen LogP contribution in [0.5, 0.6) is 5.75 Å². The fraction of sp³-hybridized carbons (Fsp3) is 0.429. The maximum absolute atomic E-state index is 12.2. The van der Waals surface area contributed by atoms with Gasteiger partial charge in [0.1, 0.15) is 5.75 Å². The van der Waals surface area contributed by atoms with Crippen molar-refractivity contribution in [2.75, 3.05) is 32.7 Å². The zero-order valence-corrected chi connectivity index (χ0v) is 11.8. The maximum Gasteiger partial charge on any atom is 0.227 e. The van der Waals surface area contributed by atoms with Gasteiger partial charge in [-0.1, -0.05) is 17.3 Å². The number of piperazine rings is 1. The van der Waals surface area contributed by atoms with Crippen LogP contribution in [0.2, 0.25) is 0 Å². The first kappa shape index (κ1) is 15.1. The highest BCUT2D eigenvalue weighted by Crippen LogP contribution is 2.13. The molecular formula is C14H20N4O3. The Kier molecular flexibility index (Phi) is 4.99. The van der Waals surface area contributed by atoms with Crippen molar-refractivity contribution in [3.63, 3.8) is 0 Å². The van der Waals surface area contributed by atoms with Gasteiger partial charge in [0.15, 0.2) is 5.84 Å². The van der Waals surface area contributed by atoms with Crippen LogP contribution in [0.15, 0.2) is 29.4 Å². The topological polar surface area (TPSA) is 102 Å². The van der Waals surface area contributed by atoms with Gasteiger partial charge in [0.05, 0.1) is 13.0 Å². The van der Waals surface area contributed by atoms with Gasteiger partial charge in [-0.15, -0.1) is 0 Å². The van der Waals surface area contributed by atoms with E-state index >= 15 is 0 Å². The van der Waals surface area contributed by atoms with Gasteiger partial charge in [-0.3, -0.25) is 9.69 Å². The Morgan fingerprint density at radius 3 is 2.62 bits per heavy atom. The summed E-state index contributed by atoms with van der Waals surface area (Å²) in [4.78, 5) is 16.0. The van der Waals surface area contributed by atoms with Crippen molar-refractivity contribution < 1.29 is 15.1 Å². The molecule has 1 aliphatic rings. The third-order valence-corrected chi connectivity index (χ3v) is 3.50. The van der Waals surface area contributed by atoms with E-state index in [9.17, 15) is 9.90 Å². The number of hydrogen-bond donors (Lipinski definition) is 3. The molecule has 0 spiro atoms. The molecule has 2 rings (SSSR count). The second-order valence-electron chi connectivity index (χ2n) is 5.09. The summed E-state index contributed by atoms with van der Waals surface area (Å²) in [6, 6.07) is 6.74. The second-order valence-corrected chi connectivity index (χ2v) is 5.09. The number of phenols is 1. The molecule has 7 heteroatoms. The number of hydrogen-bond acceptors (Lipinski definition) is 5. The minimum Gasteiger partial charge on any atom is -0.508 e. The molecule has 1 amide bonds. The van der Waals surface area contributed by atoms with Gasteiger partial charge >= 0.3 is 0 Å². The van der Waals surface area contributed by atoms with E-state index in [2.05, 4.69) is 5.16 Å². The molecule has 0 atom stereocenters. The molecule has 114 valence electrons. The molecule has 0 radical (unpaired) electrons. The number of aromatic hydroxyl groups is 1. The number of phenolic OH excluding ortho intramolecular Hbond substituents is 1. The van der Waals surface area contributed by atoms with Gasteiger partial charge in [0, 0.05) is 26.2 Å². The van der Waals surface area contributed by atoms with Gasteiger partial charge in [-0.2, -0.15) is 0 Å². The predicted molar refractivity (Wildman–Crippen MR) is 78.2 cm³/mol. The second kappa shape index (κ2) is 6.94. The zero-order valence-electron chi connectivity index (χ0n) is 11.8. The number of oxime groups is 1. The lowest BCUT2D eigenvalue weighted by atomic mass is 10.1. The number of carbonyl (C=O) groups excluding carboxylic acids is 1. The monoisotopic (exact) mass is 292 g/mol. The first-order valence-electron chi connectivity index (χ1n) is 6.83. The molecule has 0 aromatic heterocycles. The van der Waals surface area contributed by atoms with Gasteiger partial charge in [0.2, 0.25) is 5.91 Å². The molecule has 21 heavy (non-hydrogen) atoms. The molecule has 1 saturated heterocycles. The lowest BCUT2D eigenvalue weighted by molar-refractivity contribution is -0.132. The summed E-state index contributed by atoms with van der Waals surface area (Å²) in [5, 5.41) is 20.9. The van der Waals surface area contributed by atoms with Gasteiger partial charge < -0.3 is 20.9 Å². The lowest BCUT2D eigenvalue weighted by Crippen LogP contribution is -2.51. The number of benzene rings is 1. The van der Waals surface area contributed by atoms with E-state index in [1.807, 2.05) is 11.0 Å². The summed E-state index contributed by atoms with van der Waals surface area (Å²) in [6.45, 7) is 3.04. The van der Waals surface area contributed by atoms with E-state index in [1.165, 1.54) is 0 Å². The summed E-state index contributed by atoms with van der Waals surface area (Å²) in [5.41, 5.74) is 6.27. The molecule has 1 aromatic rings. The molecule has 0 aliphatic carbocycles. The van der Waals surface area contributed by atoms with E-state index < -0.39 is 0 Å². The van der Waals surface area contributed by atoms with E-state index in [4.69, 9.17) is 10.9 Å². The molecule has 1 aliphatic heterocycles. The maximum atomic E-state index is 12.2. The first-order valence-corrected chi connectivity index (χ1v) is 6.83. The van der Waals surface area contributed by atoms with Crippen molar-refractivity contribution >= 4 is 11.7 Å². The predicted octanol–water partition coefficient (Wildman–Crippen LogP) is -0.175. The van der Waals surface area contributed by atoms with Gasteiger partial charge in [-0.25, -0.2) is 0 Å². The van der Waals surface area contributed by atoms with Crippen LogP contribution < -0.4 is 5.73 Å². The van der Waals surface area contributed by atoms with Gasteiger partial charge in [-0.05, 0) is 17.7 Å². The van der Waals surface area contributed by atoms with Crippen molar-refractivity contribution in [3.8, 4) is 5.75 Å². The zero-order chi connectivity index (χ0) is 15.2. The highest BCUT2D eigenvalue weighted by atomic mass is 16.4. The quantitative estimate of drug-likeness (QED) is 0.309. The summed E-state index contributed by atoms with van der Waals surface area (Å²) in [6.07, 6.45) is 0.286. The van der Waals surface area contributed by atoms with Crippen LogP contribution in [-0.2, 0) is 11.2 Å². The number of nitrogens with zero attached hydrogens (tertiary/aromatic N) is 3. The summed E-state index contributed by atoms with van der Waals surface area (Å²) >= 11 is 0. The third kappa shape index (κ3) is 4.35. The van der Waals surface area contributed by atoms with Crippen LogP contribution in [0.1, 0.15) is 5.56 Å². The van der Waals surface area contributed by atoms with Crippen LogP contribution in [0.25, 0.3) is 0 Å². The minimum absolute atomic E-state index is 0.0454. The molecule has 7 nitrogen and oxygen atoms in total. The average molecular weight is 292 g/mol. The smallest absolute Gasteiger partial charge is 0.227 e. The number of nitrogens with two attached hydrogens (primary N) is 1. The summed E-state index contributed by atoms with van der Waals surface area (Å²) < 4.78 is 0. The first-order chi connectivity index (χ1) is 10.1. The fourth-order valence-electron chi connectivity index (χ4n) is 2.37. The molecule has 1 fully saturated rings. The summed E-state index contributed by atoms with van der Waals surface area (Å²) in [7, 11) is 0. The van der Waals surface area contributed by atoms with E-state index in [0.29, 0.717) is 32.7 Å². The Hall–Kier alpha value is -2.28. The Morgan fingerprint density at radius 2 is 2.00 bits per heavy atom. The van der Waals surface area contributed by atoms with E-state index in [1.54, 1.807) is 23.1 Å². The van der Waals surface area contributed by atoms with Crippen LogP contribution >= 0.6 is 0 Å². The molecule has 4 N–H and O–H groups in total. The Bertz CT molecular complexity index is 525. The molecular weight excluding hydrogens is 272 g/mol. The highest BCUT2D eigenvalue weighted by molar-refractivity contribution is 5.82. The Balaban J connectivity index is 1.83. The van der Waals surface area contributed by atoms with E-state index in [0.717, 1.165) is 5.56 Å². The Morgan fingerprint density at radius 1 is 1.29 bits per heavy atom. The normalized spacial score (nSPS) is 17.0. The van der Waals surface area contributed by atoms with Crippen LogP contribution in [0.3, 0.4) is 0 Å². The molecule has 0 saturated carbocycles. The number of rotatable bonds is 4. The molecule has 1 aromatic carbocycles. The number of carbonyl (C=O) groups is 1. The minimum atomic E-state index is 0.0454. The van der Waals surface area contributed by atoms with Crippen molar-refractivity contribution in [1.82, 2.24) is 9.80 Å². The number of amides is 1. The van der Waals surface area contributed by atoms with Gasteiger partial charge in [0.25, 0.3) is 0 Å². The SMILES string of the molecule is NC(CN1CCN(C(=O)Cc2cccc(O)c2)CC1)=NO. The average Bonchev–Trinajstić information content (AvgIpc) is 2.47. The van der Waals surface area contributed by atoms with Crippen LogP contribution in [0, 0.1) is 0 Å². The molecule has 0 bridgehead atoms. The standard InChI is InChI=1S/C14H20N4O3/c15-13(16-21)10-17-4-6-18(7-5-17)14(20)9-11-2-1-3-12(19)8-11/h1-3,8,19,21H,4-7,9-10H2,(H2,15,16). The highest BCUT2D eigenvalue weighted by Gasteiger charge is 2.21. The lowest BCUT2D eigenvalue weighted by Gasteiger charge is -2.34. The number of amidine groups is 1. The van der Waals surface area contributed by atoms with Crippen molar-refractivity contribution in [3.05, 3.63) is 29.8 Å². The third-order valence-electron chi connectivity index (χ3n) is 3.50. The summed E-state index contributed by atoms with van der Waals surface area (Å²) in [5.74, 6) is 0.391. The largest absolute Gasteiger partial charge is 0.508 e.